The molecule has 1 atom stereocenters. The lowest BCUT2D eigenvalue weighted by molar-refractivity contribution is 0.257. The van der Waals surface area contributed by atoms with Gasteiger partial charge in [-0.15, -0.1) is 0 Å². The molecule has 1 aromatic rings. The van der Waals surface area contributed by atoms with Crippen molar-refractivity contribution in [1.82, 2.24) is 15.1 Å². The van der Waals surface area contributed by atoms with Gasteiger partial charge in [0.2, 0.25) is 0 Å². The van der Waals surface area contributed by atoms with Crippen molar-refractivity contribution in [2.45, 2.75) is 53.5 Å². The van der Waals surface area contributed by atoms with Crippen LogP contribution in [0.15, 0.2) is 4.47 Å². The second-order valence-corrected chi connectivity index (χ2v) is 6.78. The fourth-order valence-corrected chi connectivity index (χ4v) is 2.85. The number of aromatic nitrogens is 2. The molecule has 1 rings (SSSR count). The van der Waals surface area contributed by atoms with Gasteiger partial charge in [-0.25, -0.2) is 0 Å². The number of halogens is 1. The molecular formula is C14H26BrN3. The summed E-state index contributed by atoms with van der Waals surface area (Å²) in [6, 6.07) is 0.532. The molecule has 0 radical (unpaired) electrons. The maximum atomic E-state index is 4.45. The molecule has 0 aliphatic carbocycles. The highest BCUT2D eigenvalue weighted by atomic mass is 79.9. The van der Waals surface area contributed by atoms with Crippen molar-refractivity contribution in [3.63, 3.8) is 0 Å². The molecule has 104 valence electrons. The second kappa shape index (κ2) is 6.20. The molecule has 0 saturated carbocycles. The maximum absolute atomic E-state index is 4.45. The first-order valence-electron chi connectivity index (χ1n) is 6.68. The Labute approximate surface area is 119 Å². The predicted molar refractivity (Wildman–Crippen MR) is 80.9 cm³/mol. The Morgan fingerprint density at radius 2 is 2.00 bits per heavy atom. The lowest BCUT2D eigenvalue weighted by Gasteiger charge is -2.31. The summed E-state index contributed by atoms with van der Waals surface area (Å²) in [7, 11) is 2.02. The van der Waals surface area contributed by atoms with Gasteiger partial charge < -0.3 is 5.32 Å². The van der Waals surface area contributed by atoms with Gasteiger partial charge in [0, 0.05) is 13.1 Å². The van der Waals surface area contributed by atoms with E-state index in [1.54, 1.807) is 0 Å². The molecule has 0 spiro atoms. The standard InChI is InChI=1S/C14H26BrN3/c1-7-16-12(14(3,4)5)9-8-11-13(15)10(2)17-18(11)6/h12,16H,7-9H2,1-6H3. The molecule has 4 heteroatoms. The first kappa shape index (κ1) is 15.7. The molecule has 3 nitrogen and oxygen atoms in total. The summed E-state index contributed by atoms with van der Waals surface area (Å²) in [5, 5.41) is 8.04. The third-order valence-electron chi connectivity index (χ3n) is 3.43. The van der Waals surface area contributed by atoms with Crippen molar-refractivity contribution in [1.29, 1.82) is 0 Å². The van der Waals surface area contributed by atoms with Crippen molar-refractivity contribution in [3.05, 3.63) is 15.9 Å². The zero-order valence-electron chi connectivity index (χ0n) is 12.5. The summed E-state index contributed by atoms with van der Waals surface area (Å²) in [5.74, 6) is 0. The van der Waals surface area contributed by atoms with Gasteiger partial charge in [0.15, 0.2) is 0 Å². The van der Waals surface area contributed by atoms with Gasteiger partial charge >= 0.3 is 0 Å². The maximum Gasteiger partial charge on any atom is 0.0738 e. The molecule has 1 heterocycles. The molecular weight excluding hydrogens is 290 g/mol. The third-order valence-corrected chi connectivity index (χ3v) is 4.46. The number of rotatable bonds is 5. The Kier molecular flexibility index (Phi) is 5.41. The van der Waals surface area contributed by atoms with E-state index in [-0.39, 0.29) is 5.41 Å². The van der Waals surface area contributed by atoms with Gasteiger partial charge in [0.25, 0.3) is 0 Å². The van der Waals surface area contributed by atoms with Gasteiger partial charge in [-0.3, -0.25) is 4.68 Å². The van der Waals surface area contributed by atoms with Gasteiger partial charge in [-0.2, -0.15) is 5.10 Å². The van der Waals surface area contributed by atoms with Crippen LogP contribution in [0.4, 0.5) is 0 Å². The minimum Gasteiger partial charge on any atom is -0.314 e. The molecule has 0 amide bonds. The van der Waals surface area contributed by atoms with Crippen LogP contribution in [0.3, 0.4) is 0 Å². The van der Waals surface area contributed by atoms with Gasteiger partial charge in [0.05, 0.1) is 15.9 Å². The molecule has 1 N–H and O–H groups in total. The number of nitrogens with one attached hydrogen (secondary N) is 1. The third kappa shape index (κ3) is 3.82. The van der Waals surface area contributed by atoms with Crippen molar-refractivity contribution in [3.8, 4) is 0 Å². The summed E-state index contributed by atoms with van der Waals surface area (Å²) in [5.41, 5.74) is 2.65. The first-order chi connectivity index (χ1) is 8.27. The highest BCUT2D eigenvalue weighted by Gasteiger charge is 2.24. The Balaban J connectivity index is 2.73. The fraction of sp³-hybridized carbons (Fsp3) is 0.786. The molecule has 0 aliphatic rings. The smallest absolute Gasteiger partial charge is 0.0738 e. The molecule has 0 fully saturated rings. The van der Waals surface area contributed by atoms with Crippen molar-refractivity contribution < 1.29 is 0 Å². The minimum absolute atomic E-state index is 0.288. The highest BCUT2D eigenvalue weighted by molar-refractivity contribution is 9.10. The normalized spacial score (nSPS) is 13.9. The van der Waals surface area contributed by atoms with Gasteiger partial charge in [0.1, 0.15) is 0 Å². The number of nitrogens with zero attached hydrogens (tertiary/aromatic N) is 2. The Bertz CT molecular complexity index is 390. The lowest BCUT2D eigenvalue weighted by atomic mass is 9.83. The molecule has 0 saturated heterocycles. The van der Waals surface area contributed by atoms with Crippen LogP contribution in [0, 0.1) is 12.3 Å². The zero-order chi connectivity index (χ0) is 13.9. The number of hydrogen-bond acceptors (Lipinski definition) is 2. The average molecular weight is 316 g/mol. The Hall–Kier alpha value is -0.350. The molecule has 1 unspecified atom stereocenters. The number of aryl methyl sites for hydroxylation is 2. The van der Waals surface area contributed by atoms with Gasteiger partial charge in [-0.05, 0) is 47.7 Å². The first-order valence-corrected chi connectivity index (χ1v) is 7.48. The van der Waals surface area contributed by atoms with Crippen LogP contribution in [0.5, 0.6) is 0 Å². The van der Waals surface area contributed by atoms with E-state index in [4.69, 9.17) is 0 Å². The van der Waals surface area contributed by atoms with Crippen LogP contribution in [-0.2, 0) is 13.5 Å². The van der Waals surface area contributed by atoms with E-state index in [1.807, 2.05) is 18.7 Å². The van der Waals surface area contributed by atoms with Crippen LogP contribution in [0.25, 0.3) is 0 Å². The molecule has 1 aromatic heterocycles. The Morgan fingerprint density at radius 3 is 2.39 bits per heavy atom. The molecule has 18 heavy (non-hydrogen) atoms. The van der Waals surface area contributed by atoms with Crippen LogP contribution in [0.1, 0.15) is 45.5 Å². The van der Waals surface area contributed by atoms with E-state index in [0.717, 1.165) is 29.6 Å². The summed E-state index contributed by atoms with van der Waals surface area (Å²) >= 11 is 3.64. The monoisotopic (exact) mass is 315 g/mol. The SMILES string of the molecule is CCNC(CCc1c(Br)c(C)nn1C)C(C)(C)C. The Morgan fingerprint density at radius 1 is 1.39 bits per heavy atom. The van der Waals surface area contributed by atoms with Crippen LogP contribution >= 0.6 is 15.9 Å². The van der Waals surface area contributed by atoms with Crippen LogP contribution in [-0.4, -0.2) is 22.4 Å². The van der Waals surface area contributed by atoms with Gasteiger partial charge in [-0.1, -0.05) is 27.7 Å². The zero-order valence-corrected chi connectivity index (χ0v) is 14.1. The van der Waals surface area contributed by atoms with Crippen molar-refractivity contribution in [2.24, 2.45) is 12.5 Å². The molecule has 0 aliphatic heterocycles. The average Bonchev–Trinajstić information content (AvgIpc) is 2.48. The van der Waals surface area contributed by atoms with E-state index >= 15 is 0 Å². The largest absolute Gasteiger partial charge is 0.314 e. The van der Waals surface area contributed by atoms with E-state index in [1.165, 1.54) is 5.69 Å². The predicted octanol–water partition coefficient (Wildman–Crippen LogP) is 3.45. The topological polar surface area (TPSA) is 29.9 Å². The molecule has 0 aromatic carbocycles. The van der Waals surface area contributed by atoms with E-state index < -0.39 is 0 Å². The summed E-state index contributed by atoms with van der Waals surface area (Å²) in [6.07, 6.45) is 2.18. The van der Waals surface area contributed by atoms with E-state index in [0.29, 0.717) is 6.04 Å². The summed E-state index contributed by atoms with van der Waals surface area (Å²) in [6.45, 7) is 12.1. The van der Waals surface area contributed by atoms with Crippen LogP contribution in [0.2, 0.25) is 0 Å². The van der Waals surface area contributed by atoms with Crippen molar-refractivity contribution in [2.75, 3.05) is 6.54 Å². The second-order valence-electron chi connectivity index (χ2n) is 5.98. The van der Waals surface area contributed by atoms with E-state index in [9.17, 15) is 0 Å². The minimum atomic E-state index is 0.288. The van der Waals surface area contributed by atoms with E-state index in [2.05, 4.69) is 54.0 Å². The lowest BCUT2D eigenvalue weighted by Crippen LogP contribution is -2.40. The fourth-order valence-electron chi connectivity index (χ4n) is 2.32. The highest BCUT2D eigenvalue weighted by Crippen LogP contribution is 2.26. The summed E-state index contributed by atoms with van der Waals surface area (Å²) < 4.78 is 3.15. The number of hydrogen-bond donors (Lipinski definition) is 1. The van der Waals surface area contributed by atoms with Crippen LogP contribution < -0.4 is 5.32 Å². The van der Waals surface area contributed by atoms with Crippen molar-refractivity contribution >= 4 is 15.9 Å². The quantitative estimate of drug-likeness (QED) is 0.902. The summed E-state index contributed by atoms with van der Waals surface area (Å²) in [4.78, 5) is 0. The molecule has 0 bridgehead atoms.